The SMILES string of the molecule is CC(C)CCSC1CCC(=O)C1. The number of thioether (sulfide) groups is 1. The van der Waals surface area contributed by atoms with Gasteiger partial charge in [-0.25, -0.2) is 0 Å². The third-order valence-corrected chi connectivity index (χ3v) is 3.59. The number of carbonyl (C=O) groups excluding carboxylic acids is 1. The van der Waals surface area contributed by atoms with Gasteiger partial charge in [0.1, 0.15) is 5.78 Å². The summed E-state index contributed by atoms with van der Waals surface area (Å²) < 4.78 is 0. The Labute approximate surface area is 79.3 Å². The molecule has 1 atom stereocenters. The summed E-state index contributed by atoms with van der Waals surface area (Å²) in [6, 6.07) is 0. The van der Waals surface area contributed by atoms with Crippen LogP contribution in [0.2, 0.25) is 0 Å². The highest BCUT2D eigenvalue weighted by atomic mass is 32.2. The van der Waals surface area contributed by atoms with Gasteiger partial charge in [0.05, 0.1) is 0 Å². The first-order chi connectivity index (χ1) is 5.68. The predicted molar refractivity (Wildman–Crippen MR) is 54.6 cm³/mol. The molecular weight excluding hydrogens is 168 g/mol. The topological polar surface area (TPSA) is 17.1 Å². The van der Waals surface area contributed by atoms with Crippen LogP contribution in [0.25, 0.3) is 0 Å². The molecule has 1 aliphatic carbocycles. The fraction of sp³-hybridized carbons (Fsp3) is 0.900. The lowest BCUT2D eigenvalue weighted by molar-refractivity contribution is -0.117. The van der Waals surface area contributed by atoms with Crippen LogP contribution in [0.4, 0.5) is 0 Å². The third-order valence-electron chi connectivity index (χ3n) is 2.25. The van der Waals surface area contributed by atoms with E-state index in [1.165, 1.54) is 12.2 Å². The minimum Gasteiger partial charge on any atom is -0.300 e. The van der Waals surface area contributed by atoms with Gasteiger partial charge in [0.25, 0.3) is 0 Å². The molecule has 1 nitrogen and oxygen atoms in total. The van der Waals surface area contributed by atoms with Gasteiger partial charge in [-0.3, -0.25) is 4.79 Å². The van der Waals surface area contributed by atoms with Gasteiger partial charge in [0.2, 0.25) is 0 Å². The van der Waals surface area contributed by atoms with Crippen molar-refractivity contribution in [3.63, 3.8) is 0 Å². The summed E-state index contributed by atoms with van der Waals surface area (Å²) in [5.41, 5.74) is 0. The molecule has 2 heteroatoms. The predicted octanol–water partition coefficient (Wildman–Crippen LogP) is 2.89. The number of hydrogen-bond donors (Lipinski definition) is 0. The maximum Gasteiger partial charge on any atom is 0.134 e. The van der Waals surface area contributed by atoms with E-state index >= 15 is 0 Å². The minimum absolute atomic E-state index is 0.469. The lowest BCUT2D eigenvalue weighted by Gasteiger charge is -2.08. The Bertz CT molecular complexity index is 154. The zero-order chi connectivity index (χ0) is 8.97. The number of ketones is 1. The average Bonchev–Trinajstić information content (AvgIpc) is 2.35. The zero-order valence-electron chi connectivity index (χ0n) is 8.01. The van der Waals surface area contributed by atoms with E-state index in [9.17, 15) is 4.79 Å². The van der Waals surface area contributed by atoms with Gasteiger partial charge in [0.15, 0.2) is 0 Å². The van der Waals surface area contributed by atoms with E-state index in [2.05, 4.69) is 13.8 Å². The molecule has 0 saturated heterocycles. The highest BCUT2D eigenvalue weighted by Gasteiger charge is 2.21. The first kappa shape index (κ1) is 10.1. The first-order valence-electron chi connectivity index (χ1n) is 4.82. The highest BCUT2D eigenvalue weighted by Crippen LogP contribution is 2.28. The molecule has 1 unspecified atom stereocenters. The van der Waals surface area contributed by atoms with Crippen molar-refractivity contribution in [1.82, 2.24) is 0 Å². The Hall–Kier alpha value is 0.0200. The van der Waals surface area contributed by atoms with Crippen molar-refractivity contribution < 1.29 is 4.79 Å². The van der Waals surface area contributed by atoms with Crippen molar-refractivity contribution in [3.8, 4) is 0 Å². The molecule has 0 radical (unpaired) electrons. The number of hydrogen-bond acceptors (Lipinski definition) is 2. The summed E-state index contributed by atoms with van der Waals surface area (Å²) >= 11 is 2.00. The van der Waals surface area contributed by atoms with Crippen LogP contribution in [0.3, 0.4) is 0 Å². The molecule has 0 heterocycles. The van der Waals surface area contributed by atoms with Crippen molar-refractivity contribution in [2.24, 2.45) is 5.92 Å². The van der Waals surface area contributed by atoms with Gasteiger partial charge in [0, 0.05) is 18.1 Å². The Balaban J connectivity index is 2.04. The Morgan fingerprint density at radius 1 is 1.58 bits per heavy atom. The normalized spacial score (nSPS) is 23.9. The first-order valence-corrected chi connectivity index (χ1v) is 5.86. The van der Waals surface area contributed by atoms with Crippen molar-refractivity contribution in [3.05, 3.63) is 0 Å². The van der Waals surface area contributed by atoms with Gasteiger partial charge >= 0.3 is 0 Å². The molecule has 0 aromatic heterocycles. The van der Waals surface area contributed by atoms with E-state index in [1.54, 1.807) is 0 Å². The van der Waals surface area contributed by atoms with Crippen LogP contribution in [0.5, 0.6) is 0 Å². The van der Waals surface area contributed by atoms with Crippen LogP contribution in [-0.2, 0) is 4.79 Å². The van der Waals surface area contributed by atoms with E-state index in [4.69, 9.17) is 0 Å². The molecule has 1 saturated carbocycles. The smallest absolute Gasteiger partial charge is 0.134 e. The van der Waals surface area contributed by atoms with E-state index in [-0.39, 0.29) is 0 Å². The molecule has 0 aromatic rings. The molecule has 0 bridgehead atoms. The number of rotatable bonds is 4. The van der Waals surface area contributed by atoms with Crippen LogP contribution in [-0.4, -0.2) is 16.8 Å². The highest BCUT2D eigenvalue weighted by molar-refractivity contribution is 7.99. The average molecular weight is 186 g/mol. The molecule has 0 aliphatic heterocycles. The number of Topliss-reactive ketones (excluding diaryl/α,β-unsaturated/α-hetero) is 1. The van der Waals surface area contributed by atoms with Crippen LogP contribution in [0.1, 0.15) is 39.5 Å². The van der Waals surface area contributed by atoms with Crippen LogP contribution in [0.15, 0.2) is 0 Å². The van der Waals surface area contributed by atoms with Crippen molar-refractivity contribution in [2.45, 2.75) is 44.8 Å². The van der Waals surface area contributed by atoms with Crippen LogP contribution < -0.4 is 0 Å². The summed E-state index contributed by atoms with van der Waals surface area (Å²) in [5.74, 6) is 2.50. The molecule has 0 amide bonds. The molecule has 70 valence electrons. The summed E-state index contributed by atoms with van der Waals surface area (Å²) in [6.45, 7) is 4.50. The van der Waals surface area contributed by atoms with Gasteiger partial charge in [-0.1, -0.05) is 13.8 Å². The quantitative estimate of drug-likeness (QED) is 0.671. The summed E-state index contributed by atoms with van der Waals surface area (Å²) in [6.07, 6.45) is 4.08. The van der Waals surface area contributed by atoms with Gasteiger partial charge in [-0.2, -0.15) is 11.8 Å². The monoisotopic (exact) mass is 186 g/mol. The molecule has 12 heavy (non-hydrogen) atoms. The summed E-state index contributed by atoms with van der Waals surface area (Å²) in [4.78, 5) is 10.9. The standard InChI is InChI=1S/C10H18OS/c1-8(2)5-6-12-10-4-3-9(11)7-10/h8,10H,3-7H2,1-2H3. The Morgan fingerprint density at radius 3 is 2.83 bits per heavy atom. The van der Waals surface area contributed by atoms with Crippen molar-refractivity contribution in [2.75, 3.05) is 5.75 Å². The largest absolute Gasteiger partial charge is 0.300 e. The van der Waals surface area contributed by atoms with Gasteiger partial charge < -0.3 is 0 Å². The summed E-state index contributed by atoms with van der Waals surface area (Å²) in [5, 5.41) is 0.649. The molecule has 0 aromatic carbocycles. The van der Waals surface area contributed by atoms with Crippen molar-refractivity contribution in [1.29, 1.82) is 0 Å². The van der Waals surface area contributed by atoms with Gasteiger partial charge in [-0.05, 0) is 24.5 Å². The van der Waals surface area contributed by atoms with Gasteiger partial charge in [-0.15, -0.1) is 0 Å². The second kappa shape index (κ2) is 4.90. The molecule has 0 N–H and O–H groups in total. The third kappa shape index (κ3) is 3.61. The second-order valence-electron chi connectivity index (χ2n) is 3.96. The Kier molecular flexibility index (Phi) is 4.13. The fourth-order valence-corrected chi connectivity index (χ4v) is 2.92. The molecular formula is C10H18OS. The molecule has 1 fully saturated rings. The van der Waals surface area contributed by atoms with Crippen LogP contribution >= 0.6 is 11.8 Å². The van der Waals surface area contributed by atoms with E-state index in [0.717, 1.165) is 25.2 Å². The second-order valence-corrected chi connectivity index (χ2v) is 5.37. The lowest BCUT2D eigenvalue weighted by atomic mass is 10.2. The molecule has 1 aliphatic rings. The lowest BCUT2D eigenvalue weighted by Crippen LogP contribution is -1.99. The molecule has 1 rings (SSSR count). The van der Waals surface area contributed by atoms with Crippen LogP contribution in [0, 0.1) is 5.92 Å². The Morgan fingerprint density at radius 2 is 2.33 bits per heavy atom. The van der Waals surface area contributed by atoms with Crippen molar-refractivity contribution >= 4 is 17.5 Å². The fourth-order valence-electron chi connectivity index (χ4n) is 1.39. The van der Waals surface area contributed by atoms with E-state index in [1.807, 2.05) is 11.8 Å². The molecule has 0 spiro atoms. The zero-order valence-corrected chi connectivity index (χ0v) is 8.82. The maximum atomic E-state index is 10.9. The van der Waals surface area contributed by atoms with E-state index in [0.29, 0.717) is 11.0 Å². The van der Waals surface area contributed by atoms with E-state index < -0.39 is 0 Å². The minimum atomic E-state index is 0.469. The maximum absolute atomic E-state index is 10.9. The number of carbonyl (C=O) groups is 1. The summed E-state index contributed by atoms with van der Waals surface area (Å²) in [7, 11) is 0.